The SMILES string of the molecule is C#Cc1nc2ccccc2n1-c1cccc(N2CCOCC2)c1. The molecule has 3 aromatic rings. The van der Waals surface area contributed by atoms with E-state index in [1.807, 2.05) is 28.8 Å². The van der Waals surface area contributed by atoms with Crippen LogP contribution in [0.25, 0.3) is 16.7 Å². The Balaban J connectivity index is 1.83. The first kappa shape index (κ1) is 13.9. The van der Waals surface area contributed by atoms with Crippen molar-refractivity contribution in [1.82, 2.24) is 9.55 Å². The van der Waals surface area contributed by atoms with Gasteiger partial charge in [0, 0.05) is 18.8 Å². The van der Waals surface area contributed by atoms with E-state index in [9.17, 15) is 0 Å². The number of terminal acetylenes is 1. The lowest BCUT2D eigenvalue weighted by atomic mass is 10.2. The maximum atomic E-state index is 5.67. The Morgan fingerprint density at radius 1 is 1.00 bits per heavy atom. The van der Waals surface area contributed by atoms with Gasteiger partial charge in [0.1, 0.15) is 0 Å². The number of hydrogen-bond acceptors (Lipinski definition) is 3. The summed E-state index contributed by atoms with van der Waals surface area (Å²) < 4.78 is 7.48. The van der Waals surface area contributed by atoms with Crippen molar-refractivity contribution in [3.63, 3.8) is 0 Å². The molecule has 0 unspecified atom stereocenters. The zero-order chi connectivity index (χ0) is 15.6. The van der Waals surface area contributed by atoms with Crippen LogP contribution in [0.15, 0.2) is 48.5 Å². The molecular formula is C19H17N3O. The Kier molecular flexibility index (Phi) is 3.49. The number of rotatable bonds is 2. The van der Waals surface area contributed by atoms with Crippen molar-refractivity contribution >= 4 is 16.7 Å². The minimum Gasteiger partial charge on any atom is -0.378 e. The highest BCUT2D eigenvalue weighted by Gasteiger charge is 2.14. The van der Waals surface area contributed by atoms with Crippen molar-refractivity contribution in [3.05, 3.63) is 54.4 Å². The van der Waals surface area contributed by atoms with Gasteiger partial charge in [-0.25, -0.2) is 4.98 Å². The summed E-state index contributed by atoms with van der Waals surface area (Å²) >= 11 is 0. The van der Waals surface area contributed by atoms with Gasteiger partial charge in [0.2, 0.25) is 0 Å². The van der Waals surface area contributed by atoms with Crippen molar-refractivity contribution in [3.8, 4) is 18.0 Å². The van der Waals surface area contributed by atoms with E-state index in [2.05, 4.69) is 40.1 Å². The van der Waals surface area contributed by atoms with Crippen LogP contribution in [0.5, 0.6) is 0 Å². The fourth-order valence-corrected chi connectivity index (χ4v) is 3.03. The molecule has 0 N–H and O–H groups in total. The first-order valence-electron chi connectivity index (χ1n) is 7.74. The molecule has 0 spiro atoms. The molecule has 0 aliphatic carbocycles. The molecule has 1 saturated heterocycles. The molecule has 4 heteroatoms. The summed E-state index contributed by atoms with van der Waals surface area (Å²) in [5, 5.41) is 0. The Labute approximate surface area is 135 Å². The second-order valence-electron chi connectivity index (χ2n) is 5.52. The van der Waals surface area contributed by atoms with E-state index in [4.69, 9.17) is 11.2 Å². The molecular weight excluding hydrogens is 286 g/mol. The quantitative estimate of drug-likeness (QED) is 0.682. The standard InChI is InChI=1S/C19H17N3O/c1-2-19-20-17-8-3-4-9-18(17)22(19)16-7-5-6-15(14-16)21-10-12-23-13-11-21/h1,3-9,14H,10-13H2. The molecule has 4 rings (SSSR count). The van der Waals surface area contributed by atoms with Crippen LogP contribution >= 0.6 is 0 Å². The van der Waals surface area contributed by atoms with Gasteiger partial charge in [0.25, 0.3) is 0 Å². The largest absolute Gasteiger partial charge is 0.378 e. The summed E-state index contributed by atoms with van der Waals surface area (Å²) in [5.74, 6) is 3.33. The summed E-state index contributed by atoms with van der Waals surface area (Å²) in [4.78, 5) is 6.88. The predicted octanol–water partition coefficient (Wildman–Crippen LogP) is 2.84. The fourth-order valence-electron chi connectivity index (χ4n) is 3.03. The van der Waals surface area contributed by atoms with E-state index in [1.165, 1.54) is 5.69 Å². The summed E-state index contributed by atoms with van der Waals surface area (Å²) in [7, 11) is 0. The van der Waals surface area contributed by atoms with Gasteiger partial charge in [-0.15, -0.1) is 6.42 Å². The molecule has 1 aliphatic rings. The Hall–Kier alpha value is -2.77. The summed E-state index contributed by atoms with van der Waals surface area (Å²) in [6, 6.07) is 16.4. The van der Waals surface area contributed by atoms with Crippen LogP contribution in [0.4, 0.5) is 5.69 Å². The third-order valence-electron chi connectivity index (χ3n) is 4.15. The lowest BCUT2D eigenvalue weighted by Crippen LogP contribution is -2.36. The molecule has 1 aromatic heterocycles. The topological polar surface area (TPSA) is 30.3 Å². The first-order valence-corrected chi connectivity index (χ1v) is 7.74. The molecule has 0 radical (unpaired) electrons. The van der Waals surface area contributed by atoms with Gasteiger partial charge >= 0.3 is 0 Å². The molecule has 4 nitrogen and oxygen atoms in total. The molecule has 23 heavy (non-hydrogen) atoms. The lowest BCUT2D eigenvalue weighted by molar-refractivity contribution is 0.122. The molecule has 2 aromatic carbocycles. The van der Waals surface area contributed by atoms with Crippen molar-refractivity contribution in [2.45, 2.75) is 0 Å². The third-order valence-corrected chi connectivity index (χ3v) is 4.15. The van der Waals surface area contributed by atoms with Crippen molar-refractivity contribution in [1.29, 1.82) is 0 Å². The Morgan fingerprint density at radius 3 is 2.61 bits per heavy atom. The average Bonchev–Trinajstić information content (AvgIpc) is 3.01. The smallest absolute Gasteiger partial charge is 0.190 e. The van der Waals surface area contributed by atoms with E-state index in [0.29, 0.717) is 5.82 Å². The number of imidazole rings is 1. The normalized spacial score (nSPS) is 14.8. The van der Waals surface area contributed by atoms with Crippen molar-refractivity contribution < 1.29 is 4.74 Å². The van der Waals surface area contributed by atoms with Crippen LogP contribution in [-0.4, -0.2) is 35.9 Å². The third kappa shape index (κ3) is 2.45. The van der Waals surface area contributed by atoms with E-state index in [0.717, 1.165) is 43.0 Å². The number of hydrogen-bond donors (Lipinski definition) is 0. The molecule has 0 bridgehead atoms. The highest BCUT2D eigenvalue weighted by atomic mass is 16.5. The molecule has 0 atom stereocenters. The van der Waals surface area contributed by atoms with Gasteiger partial charge in [0.15, 0.2) is 5.82 Å². The van der Waals surface area contributed by atoms with Gasteiger partial charge in [-0.05, 0) is 36.3 Å². The molecule has 0 amide bonds. The van der Waals surface area contributed by atoms with Crippen LogP contribution in [0.1, 0.15) is 5.82 Å². The maximum Gasteiger partial charge on any atom is 0.190 e. The molecule has 2 heterocycles. The number of nitrogens with zero attached hydrogens (tertiary/aromatic N) is 3. The predicted molar refractivity (Wildman–Crippen MR) is 92.0 cm³/mol. The van der Waals surface area contributed by atoms with Gasteiger partial charge in [-0.1, -0.05) is 18.2 Å². The highest BCUT2D eigenvalue weighted by molar-refractivity contribution is 5.79. The second-order valence-corrected chi connectivity index (χ2v) is 5.52. The van der Waals surface area contributed by atoms with Crippen LogP contribution in [0, 0.1) is 12.3 Å². The van der Waals surface area contributed by atoms with Crippen molar-refractivity contribution in [2.24, 2.45) is 0 Å². The van der Waals surface area contributed by atoms with Crippen LogP contribution < -0.4 is 4.90 Å². The number of fused-ring (bicyclic) bond motifs is 1. The first-order chi connectivity index (χ1) is 11.4. The average molecular weight is 303 g/mol. The number of ether oxygens (including phenoxy) is 1. The maximum absolute atomic E-state index is 5.67. The number of morpholine rings is 1. The lowest BCUT2D eigenvalue weighted by Gasteiger charge is -2.29. The molecule has 114 valence electrons. The van der Waals surface area contributed by atoms with E-state index < -0.39 is 0 Å². The highest BCUT2D eigenvalue weighted by Crippen LogP contribution is 2.25. The van der Waals surface area contributed by atoms with Crippen LogP contribution in [-0.2, 0) is 4.74 Å². The molecule has 1 aliphatic heterocycles. The Morgan fingerprint density at radius 2 is 1.78 bits per heavy atom. The van der Waals surface area contributed by atoms with E-state index in [1.54, 1.807) is 0 Å². The van der Waals surface area contributed by atoms with Gasteiger partial charge in [0.05, 0.1) is 29.9 Å². The van der Waals surface area contributed by atoms with Crippen LogP contribution in [0.3, 0.4) is 0 Å². The van der Waals surface area contributed by atoms with Crippen LogP contribution in [0.2, 0.25) is 0 Å². The number of aromatic nitrogens is 2. The summed E-state index contributed by atoms with van der Waals surface area (Å²) in [6.45, 7) is 3.37. The number of benzene rings is 2. The van der Waals surface area contributed by atoms with Gasteiger partial charge in [-0.3, -0.25) is 4.57 Å². The van der Waals surface area contributed by atoms with E-state index in [-0.39, 0.29) is 0 Å². The van der Waals surface area contributed by atoms with Gasteiger partial charge in [-0.2, -0.15) is 0 Å². The zero-order valence-corrected chi connectivity index (χ0v) is 12.8. The Bertz CT molecular complexity index is 885. The fraction of sp³-hybridized carbons (Fsp3) is 0.211. The summed E-state index contributed by atoms with van der Waals surface area (Å²) in [5.41, 5.74) is 4.17. The number of para-hydroxylation sites is 2. The van der Waals surface area contributed by atoms with Crippen molar-refractivity contribution in [2.75, 3.05) is 31.2 Å². The molecule has 0 saturated carbocycles. The minimum absolute atomic E-state index is 0.630. The summed E-state index contributed by atoms with van der Waals surface area (Å²) in [6.07, 6.45) is 5.67. The van der Waals surface area contributed by atoms with E-state index >= 15 is 0 Å². The van der Waals surface area contributed by atoms with Gasteiger partial charge < -0.3 is 9.64 Å². The molecule has 1 fully saturated rings. The number of anilines is 1. The minimum atomic E-state index is 0.630. The zero-order valence-electron chi connectivity index (χ0n) is 12.8. The second kappa shape index (κ2) is 5.79. The monoisotopic (exact) mass is 303 g/mol.